The number of amides is 2. The molecule has 30 heavy (non-hydrogen) atoms. The summed E-state index contributed by atoms with van der Waals surface area (Å²) in [5, 5.41) is 1.85. The van der Waals surface area contributed by atoms with Crippen molar-refractivity contribution in [3.05, 3.63) is 57.9 Å². The minimum Gasteiger partial charge on any atom is -0.438 e. The zero-order valence-corrected chi connectivity index (χ0v) is 15.6. The zero-order chi connectivity index (χ0) is 21.6. The maximum atomic E-state index is 13.3. The molecule has 0 radical (unpaired) electrons. The van der Waals surface area contributed by atoms with Crippen LogP contribution in [0.2, 0.25) is 0 Å². The molecular formula is C18H11ClF4N4O3. The number of halogens is 5. The molecule has 0 atom stereocenters. The summed E-state index contributed by atoms with van der Waals surface area (Å²) < 4.78 is 58.4. The van der Waals surface area contributed by atoms with Crippen molar-refractivity contribution in [1.82, 2.24) is 20.2 Å². The van der Waals surface area contributed by atoms with E-state index in [1.54, 1.807) is 4.90 Å². The third kappa shape index (κ3) is 3.56. The predicted octanol–water partition coefficient (Wildman–Crippen LogP) is 2.89. The van der Waals surface area contributed by atoms with Gasteiger partial charge < -0.3 is 9.64 Å². The molecule has 1 aromatic carbocycles. The molecule has 2 aliphatic rings. The number of carbonyl (C=O) groups is 2. The number of benzene rings is 1. The van der Waals surface area contributed by atoms with Crippen molar-refractivity contribution in [2.45, 2.75) is 19.1 Å². The molecule has 0 fully saturated rings. The highest BCUT2D eigenvalue weighted by atomic mass is 35.5. The van der Waals surface area contributed by atoms with Crippen molar-refractivity contribution in [3.8, 4) is 11.6 Å². The molecule has 1 N–H and O–H groups in total. The summed E-state index contributed by atoms with van der Waals surface area (Å²) >= 11 is 5.91. The molecule has 2 aliphatic heterocycles. The molecule has 4 rings (SSSR count). The number of imide groups is 1. The fraction of sp³-hybridized carbons (Fsp3) is 0.222. The molecule has 12 heteroatoms. The summed E-state index contributed by atoms with van der Waals surface area (Å²) in [6.45, 7) is 0.286. The zero-order valence-electron chi connectivity index (χ0n) is 14.9. The van der Waals surface area contributed by atoms with Crippen molar-refractivity contribution in [1.29, 1.82) is 0 Å². The smallest absolute Gasteiger partial charge is 0.420 e. The van der Waals surface area contributed by atoms with Gasteiger partial charge in [0.15, 0.2) is 0 Å². The molecule has 0 saturated heterocycles. The van der Waals surface area contributed by atoms with Crippen LogP contribution in [0.3, 0.4) is 0 Å². The summed E-state index contributed by atoms with van der Waals surface area (Å²) in [4.78, 5) is 33.1. The Hall–Kier alpha value is -3.21. The topological polar surface area (TPSA) is 84.4 Å². The first kappa shape index (κ1) is 20.1. The molecule has 2 amide bonds. The maximum absolute atomic E-state index is 13.3. The number of hydrogen-bond acceptors (Lipinski definition) is 6. The van der Waals surface area contributed by atoms with Crippen LogP contribution in [0.5, 0.6) is 11.6 Å². The molecule has 3 heterocycles. The number of ether oxygens (including phenoxy) is 1. The lowest BCUT2D eigenvalue weighted by molar-refractivity contribution is -0.138. The summed E-state index contributed by atoms with van der Waals surface area (Å²) in [5.74, 6) is -3.10. The summed E-state index contributed by atoms with van der Waals surface area (Å²) in [6.07, 6.45) is -3.51. The van der Waals surface area contributed by atoms with Gasteiger partial charge in [0.2, 0.25) is 5.88 Å². The lowest BCUT2D eigenvalue weighted by atomic mass is 10.1. The molecule has 0 aliphatic carbocycles. The third-order valence-electron chi connectivity index (χ3n) is 4.59. The first-order valence-electron chi connectivity index (χ1n) is 8.53. The quantitative estimate of drug-likeness (QED) is 0.581. The Morgan fingerprint density at radius 1 is 1.17 bits per heavy atom. The highest BCUT2D eigenvalue weighted by Gasteiger charge is 2.37. The second-order valence-electron chi connectivity index (χ2n) is 6.46. The molecule has 7 nitrogen and oxygen atoms in total. The highest BCUT2D eigenvalue weighted by molar-refractivity contribution is 6.47. The average molecular weight is 443 g/mol. The van der Waals surface area contributed by atoms with Crippen LogP contribution >= 0.6 is 11.6 Å². The molecule has 0 unspecified atom stereocenters. The van der Waals surface area contributed by atoms with E-state index in [1.165, 1.54) is 0 Å². The van der Waals surface area contributed by atoms with Gasteiger partial charge in [-0.3, -0.25) is 14.9 Å². The number of nitrogens with zero attached hydrogens (tertiary/aromatic N) is 3. The molecule has 2 aromatic rings. The fourth-order valence-electron chi connectivity index (χ4n) is 3.23. The first-order valence-corrected chi connectivity index (χ1v) is 8.90. The van der Waals surface area contributed by atoms with Crippen LogP contribution in [0.4, 0.5) is 17.6 Å². The number of rotatable bonds is 3. The van der Waals surface area contributed by atoms with Gasteiger partial charge in [0.1, 0.15) is 34.2 Å². The van der Waals surface area contributed by atoms with E-state index in [4.69, 9.17) is 16.3 Å². The number of fused-ring (bicyclic) bond motifs is 1. The molecule has 156 valence electrons. The van der Waals surface area contributed by atoms with Crippen molar-refractivity contribution < 1.29 is 31.9 Å². The lowest BCUT2D eigenvalue weighted by Crippen LogP contribution is -2.35. The van der Waals surface area contributed by atoms with Crippen LogP contribution in [-0.4, -0.2) is 33.2 Å². The van der Waals surface area contributed by atoms with Gasteiger partial charge in [-0.2, -0.15) is 13.2 Å². The van der Waals surface area contributed by atoms with Gasteiger partial charge >= 0.3 is 6.18 Å². The van der Waals surface area contributed by atoms with Crippen molar-refractivity contribution in [3.63, 3.8) is 0 Å². The molecule has 1 aromatic heterocycles. The third-order valence-corrected chi connectivity index (χ3v) is 4.94. The van der Waals surface area contributed by atoms with Gasteiger partial charge in [-0.1, -0.05) is 11.6 Å². The summed E-state index contributed by atoms with van der Waals surface area (Å²) in [5.41, 5.74) is -0.435. The van der Waals surface area contributed by atoms with E-state index >= 15 is 0 Å². The minimum atomic E-state index is -4.83. The Morgan fingerprint density at radius 3 is 2.60 bits per heavy atom. The van der Waals surface area contributed by atoms with Gasteiger partial charge in [-0.05, 0) is 24.6 Å². The summed E-state index contributed by atoms with van der Waals surface area (Å²) in [6, 6.07) is 2.07. The van der Waals surface area contributed by atoms with Gasteiger partial charge in [-0.15, -0.1) is 0 Å². The van der Waals surface area contributed by atoms with Crippen LogP contribution in [0, 0.1) is 5.82 Å². The average Bonchev–Trinajstić information content (AvgIpc) is 2.94. The van der Waals surface area contributed by atoms with Crippen LogP contribution in [0.1, 0.15) is 16.8 Å². The Bertz CT molecular complexity index is 1100. The Kier molecular flexibility index (Phi) is 4.85. The van der Waals surface area contributed by atoms with Crippen LogP contribution in [-0.2, 0) is 28.7 Å². The largest absolute Gasteiger partial charge is 0.438 e. The lowest BCUT2D eigenvalue weighted by Gasteiger charge is -2.30. The molecule has 0 saturated carbocycles. The van der Waals surface area contributed by atoms with E-state index in [0.717, 1.165) is 18.5 Å². The first-order chi connectivity index (χ1) is 14.1. The molecular weight excluding hydrogens is 432 g/mol. The SMILES string of the molecule is O=C1NC(=O)C(N2CCc3c(ncnc3Oc3ccc(F)cc3C(F)(F)F)C2)=C1Cl. The molecule has 0 spiro atoms. The molecule has 0 bridgehead atoms. The van der Waals surface area contributed by atoms with Crippen molar-refractivity contribution >= 4 is 23.4 Å². The van der Waals surface area contributed by atoms with Gasteiger partial charge in [0, 0.05) is 12.1 Å². The van der Waals surface area contributed by atoms with E-state index in [1.807, 2.05) is 0 Å². The van der Waals surface area contributed by atoms with E-state index in [-0.39, 0.29) is 36.1 Å². The van der Waals surface area contributed by atoms with Crippen molar-refractivity contribution in [2.24, 2.45) is 0 Å². The Morgan fingerprint density at radius 2 is 1.93 bits per heavy atom. The number of aromatic nitrogens is 2. The second kappa shape index (κ2) is 7.24. The van der Waals surface area contributed by atoms with E-state index in [2.05, 4.69) is 15.3 Å². The second-order valence-corrected chi connectivity index (χ2v) is 6.84. The minimum absolute atomic E-state index is 0.00582. The van der Waals surface area contributed by atoms with Crippen molar-refractivity contribution in [2.75, 3.05) is 6.54 Å². The van der Waals surface area contributed by atoms with Gasteiger partial charge in [-0.25, -0.2) is 14.4 Å². The van der Waals surface area contributed by atoms with Gasteiger partial charge in [0.25, 0.3) is 11.8 Å². The number of alkyl halides is 3. The van der Waals surface area contributed by atoms with Crippen LogP contribution < -0.4 is 10.1 Å². The number of nitrogens with one attached hydrogen (secondary N) is 1. The standard InChI is InChI=1S/C18H11ClF4N4O3/c19-13-14(16(29)26-15(13)28)27-4-3-9-11(6-27)24-7-25-17(9)30-12-2-1-8(20)5-10(12)18(21,22)23/h1-2,5,7H,3-4,6H2,(H,26,28,29). The summed E-state index contributed by atoms with van der Waals surface area (Å²) in [7, 11) is 0. The number of carbonyl (C=O) groups excluding carboxylic acids is 2. The fourth-order valence-corrected chi connectivity index (χ4v) is 3.48. The van der Waals surface area contributed by atoms with E-state index in [0.29, 0.717) is 17.3 Å². The Balaban J connectivity index is 1.65. The van der Waals surface area contributed by atoms with Crippen LogP contribution in [0.15, 0.2) is 35.3 Å². The Labute approximate surface area is 171 Å². The predicted molar refractivity (Wildman–Crippen MR) is 93.7 cm³/mol. The number of hydrogen-bond donors (Lipinski definition) is 1. The van der Waals surface area contributed by atoms with E-state index in [9.17, 15) is 27.2 Å². The van der Waals surface area contributed by atoms with E-state index < -0.39 is 35.1 Å². The normalized spacial score (nSPS) is 16.6. The maximum Gasteiger partial charge on any atom is 0.420 e. The van der Waals surface area contributed by atoms with Crippen LogP contribution in [0.25, 0.3) is 0 Å². The monoisotopic (exact) mass is 442 g/mol. The highest BCUT2D eigenvalue weighted by Crippen LogP contribution is 2.39. The van der Waals surface area contributed by atoms with Gasteiger partial charge in [0.05, 0.1) is 12.2 Å².